The molecule has 0 radical (unpaired) electrons. The Balaban J connectivity index is 1.64. The molecule has 1 heterocycles. The lowest BCUT2D eigenvalue weighted by Gasteiger charge is -2.08. The molecule has 5 nitrogen and oxygen atoms in total. The molecule has 0 amide bonds. The number of rotatable bonds is 8. The molecule has 5 heteroatoms. The van der Waals surface area contributed by atoms with Crippen molar-refractivity contribution < 1.29 is 14.6 Å². The molecule has 0 aliphatic carbocycles. The summed E-state index contributed by atoms with van der Waals surface area (Å²) in [5.41, 5.74) is 1.29. The van der Waals surface area contributed by atoms with Crippen LogP contribution in [0.3, 0.4) is 0 Å². The number of hydrogen-bond acceptors (Lipinski definition) is 4. The lowest BCUT2D eigenvalue weighted by molar-refractivity contribution is 0.0696. The number of aromatic nitrogens is 1. The summed E-state index contributed by atoms with van der Waals surface area (Å²) in [5.74, 6) is -0.379. The van der Waals surface area contributed by atoms with Crippen molar-refractivity contribution in [2.45, 2.75) is 6.42 Å². The van der Waals surface area contributed by atoms with E-state index < -0.39 is 5.97 Å². The van der Waals surface area contributed by atoms with Gasteiger partial charge >= 0.3 is 5.97 Å². The van der Waals surface area contributed by atoms with Crippen LogP contribution >= 0.6 is 0 Å². The van der Waals surface area contributed by atoms with Crippen LogP contribution in [0.5, 0.6) is 5.75 Å². The molecule has 110 valence electrons. The zero-order valence-corrected chi connectivity index (χ0v) is 11.7. The first-order chi connectivity index (χ1) is 10.3. The standard InChI is InChI=1S/C16H18N2O3/c19-16(20)13-4-3-6-15(12-13)21-11-10-17-9-7-14-5-1-2-8-18-14/h1-6,8,12,17H,7,9-11H2,(H,19,20). The second kappa shape index (κ2) is 8.01. The van der Waals surface area contributed by atoms with E-state index in [9.17, 15) is 4.79 Å². The fourth-order valence-corrected chi connectivity index (χ4v) is 1.85. The van der Waals surface area contributed by atoms with Crippen molar-refractivity contribution in [3.63, 3.8) is 0 Å². The van der Waals surface area contributed by atoms with Gasteiger partial charge in [0.2, 0.25) is 0 Å². The second-order valence-corrected chi connectivity index (χ2v) is 4.50. The highest BCUT2D eigenvalue weighted by Crippen LogP contribution is 2.12. The Morgan fingerprint density at radius 3 is 2.86 bits per heavy atom. The van der Waals surface area contributed by atoms with Crippen LogP contribution in [-0.4, -0.2) is 35.8 Å². The summed E-state index contributed by atoms with van der Waals surface area (Å²) in [6, 6.07) is 12.4. The molecular formula is C16H18N2O3. The molecule has 2 rings (SSSR count). The molecule has 1 aromatic carbocycles. The Bertz CT molecular complexity index is 573. The van der Waals surface area contributed by atoms with Crippen molar-refractivity contribution in [2.24, 2.45) is 0 Å². The van der Waals surface area contributed by atoms with Crippen molar-refractivity contribution in [1.29, 1.82) is 0 Å². The summed E-state index contributed by atoms with van der Waals surface area (Å²) in [6.07, 6.45) is 2.66. The molecule has 2 N–H and O–H groups in total. The highest BCUT2D eigenvalue weighted by atomic mass is 16.5. The summed E-state index contributed by atoms with van der Waals surface area (Å²) in [4.78, 5) is 15.1. The fraction of sp³-hybridized carbons (Fsp3) is 0.250. The van der Waals surface area contributed by atoms with Crippen LogP contribution < -0.4 is 10.1 Å². The molecule has 21 heavy (non-hydrogen) atoms. The number of ether oxygens (including phenoxy) is 1. The highest BCUT2D eigenvalue weighted by Gasteiger charge is 2.03. The number of carboxylic acids is 1. The van der Waals surface area contributed by atoms with E-state index in [4.69, 9.17) is 9.84 Å². The Hall–Kier alpha value is -2.40. The maximum absolute atomic E-state index is 10.8. The van der Waals surface area contributed by atoms with Crippen molar-refractivity contribution >= 4 is 5.97 Å². The lowest BCUT2D eigenvalue weighted by atomic mass is 10.2. The van der Waals surface area contributed by atoms with Gasteiger partial charge in [-0.1, -0.05) is 12.1 Å². The number of nitrogens with one attached hydrogen (secondary N) is 1. The fourth-order valence-electron chi connectivity index (χ4n) is 1.85. The predicted octanol–water partition coefficient (Wildman–Crippen LogP) is 1.99. The van der Waals surface area contributed by atoms with Crippen LogP contribution in [0.2, 0.25) is 0 Å². The van der Waals surface area contributed by atoms with Crippen molar-refractivity contribution in [3.8, 4) is 5.75 Å². The normalized spacial score (nSPS) is 10.3. The minimum atomic E-state index is -0.950. The van der Waals surface area contributed by atoms with Gasteiger partial charge in [0.25, 0.3) is 0 Å². The van der Waals surface area contributed by atoms with Crippen LogP contribution in [0.15, 0.2) is 48.7 Å². The molecule has 0 saturated carbocycles. The van der Waals surface area contributed by atoms with Crippen LogP contribution in [0, 0.1) is 0 Å². The molecule has 0 saturated heterocycles. The number of carbonyl (C=O) groups is 1. The van der Waals surface area contributed by atoms with E-state index in [2.05, 4.69) is 10.3 Å². The largest absolute Gasteiger partial charge is 0.492 e. The van der Waals surface area contributed by atoms with Crippen LogP contribution in [0.1, 0.15) is 16.1 Å². The Morgan fingerprint density at radius 1 is 1.19 bits per heavy atom. The van der Waals surface area contributed by atoms with Gasteiger partial charge in [0, 0.05) is 31.4 Å². The Morgan fingerprint density at radius 2 is 2.10 bits per heavy atom. The third-order valence-corrected chi connectivity index (χ3v) is 2.91. The van der Waals surface area contributed by atoms with E-state index in [1.54, 1.807) is 24.4 Å². The molecule has 0 aliphatic rings. The SMILES string of the molecule is O=C(O)c1cccc(OCCNCCc2ccccn2)c1. The summed E-state index contributed by atoms with van der Waals surface area (Å²) in [5, 5.41) is 12.1. The molecule has 0 unspecified atom stereocenters. The quantitative estimate of drug-likeness (QED) is 0.726. The van der Waals surface area contributed by atoms with E-state index in [1.807, 2.05) is 18.2 Å². The van der Waals surface area contributed by atoms with E-state index >= 15 is 0 Å². The zero-order valence-electron chi connectivity index (χ0n) is 11.7. The van der Waals surface area contributed by atoms with E-state index in [0.717, 1.165) is 18.7 Å². The molecule has 2 aromatic rings. The van der Waals surface area contributed by atoms with Gasteiger partial charge in [-0.2, -0.15) is 0 Å². The predicted molar refractivity (Wildman–Crippen MR) is 79.7 cm³/mol. The maximum Gasteiger partial charge on any atom is 0.335 e. The third-order valence-electron chi connectivity index (χ3n) is 2.91. The number of aromatic carboxylic acids is 1. The summed E-state index contributed by atoms with van der Waals surface area (Å²) in [6.45, 7) is 2.02. The van der Waals surface area contributed by atoms with Gasteiger partial charge in [-0.05, 0) is 30.3 Å². The molecule has 1 aromatic heterocycles. The van der Waals surface area contributed by atoms with Gasteiger partial charge < -0.3 is 15.2 Å². The monoisotopic (exact) mass is 286 g/mol. The van der Waals surface area contributed by atoms with Crippen LogP contribution in [-0.2, 0) is 6.42 Å². The second-order valence-electron chi connectivity index (χ2n) is 4.50. The average Bonchev–Trinajstić information content (AvgIpc) is 2.52. The highest BCUT2D eigenvalue weighted by molar-refractivity contribution is 5.87. The molecule has 0 spiro atoms. The number of carboxylic acid groups (broad SMARTS) is 1. The van der Waals surface area contributed by atoms with Gasteiger partial charge in [-0.15, -0.1) is 0 Å². The average molecular weight is 286 g/mol. The van der Waals surface area contributed by atoms with Gasteiger partial charge in [-0.25, -0.2) is 4.79 Å². The first kappa shape index (κ1) is 15.0. The van der Waals surface area contributed by atoms with Crippen LogP contribution in [0.25, 0.3) is 0 Å². The van der Waals surface area contributed by atoms with E-state index in [1.165, 1.54) is 6.07 Å². The Labute approximate surface area is 123 Å². The van der Waals surface area contributed by atoms with Gasteiger partial charge in [0.1, 0.15) is 12.4 Å². The maximum atomic E-state index is 10.8. The van der Waals surface area contributed by atoms with E-state index in [-0.39, 0.29) is 5.56 Å². The minimum Gasteiger partial charge on any atom is -0.492 e. The summed E-state index contributed by atoms with van der Waals surface area (Å²) in [7, 11) is 0. The number of nitrogens with zero attached hydrogens (tertiary/aromatic N) is 1. The summed E-state index contributed by atoms with van der Waals surface area (Å²) >= 11 is 0. The van der Waals surface area contributed by atoms with E-state index in [0.29, 0.717) is 18.9 Å². The van der Waals surface area contributed by atoms with Crippen LogP contribution in [0.4, 0.5) is 0 Å². The van der Waals surface area contributed by atoms with Crippen molar-refractivity contribution in [3.05, 3.63) is 59.9 Å². The summed E-state index contributed by atoms with van der Waals surface area (Å²) < 4.78 is 5.51. The molecule has 0 atom stereocenters. The minimum absolute atomic E-state index is 0.232. The van der Waals surface area contributed by atoms with Crippen molar-refractivity contribution in [2.75, 3.05) is 19.7 Å². The Kier molecular flexibility index (Phi) is 5.72. The molecule has 0 bridgehead atoms. The van der Waals surface area contributed by atoms with Gasteiger partial charge in [-0.3, -0.25) is 4.98 Å². The number of pyridine rings is 1. The topological polar surface area (TPSA) is 71.5 Å². The lowest BCUT2D eigenvalue weighted by Crippen LogP contribution is -2.23. The first-order valence-electron chi connectivity index (χ1n) is 6.82. The zero-order chi connectivity index (χ0) is 14.9. The number of benzene rings is 1. The first-order valence-corrected chi connectivity index (χ1v) is 6.82. The molecular weight excluding hydrogens is 268 g/mol. The van der Waals surface area contributed by atoms with Gasteiger partial charge in [0.15, 0.2) is 0 Å². The van der Waals surface area contributed by atoms with Gasteiger partial charge in [0.05, 0.1) is 5.56 Å². The third kappa shape index (κ3) is 5.24. The number of hydrogen-bond donors (Lipinski definition) is 2. The molecule has 0 aliphatic heterocycles. The smallest absolute Gasteiger partial charge is 0.335 e. The molecule has 0 fully saturated rings. The van der Waals surface area contributed by atoms with Crippen molar-refractivity contribution in [1.82, 2.24) is 10.3 Å².